The van der Waals surface area contributed by atoms with E-state index in [4.69, 9.17) is 0 Å². The Morgan fingerprint density at radius 1 is 1.16 bits per heavy atom. The maximum atomic E-state index is 13.2. The van der Waals surface area contributed by atoms with Crippen molar-refractivity contribution < 1.29 is 9.18 Å². The number of aromatic amines is 1. The number of nitrogens with one attached hydrogen (secondary N) is 2. The first kappa shape index (κ1) is 17.2. The molecule has 0 saturated carbocycles. The number of thioether (sulfide) groups is 1. The molecule has 0 fully saturated rings. The maximum absolute atomic E-state index is 13.2. The second-order valence-electron chi connectivity index (χ2n) is 5.62. The summed E-state index contributed by atoms with van der Waals surface area (Å²) in [6, 6.07) is 15.7. The molecule has 1 aromatic heterocycles. The predicted octanol–water partition coefficient (Wildman–Crippen LogP) is 4.16. The van der Waals surface area contributed by atoms with Gasteiger partial charge in [-0.3, -0.25) is 9.89 Å². The summed E-state index contributed by atoms with van der Waals surface area (Å²) in [7, 11) is 0. The minimum Gasteiger partial charge on any atom is -0.344 e. The van der Waals surface area contributed by atoms with E-state index in [0.29, 0.717) is 5.69 Å². The zero-order valence-electron chi connectivity index (χ0n) is 13.9. The van der Waals surface area contributed by atoms with Crippen LogP contribution in [0.1, 0.15) is 24.2 Å². The molecule has 6 heteroatoms. The van der Waals surface area contributed by atoms with E-state index in [-0.39, 0.29) is 11.7 Å². The van der Waals surface area contributed by atoms with Crippen LogP contribution in [0.5, 0.6) is 0 Å². The van der Waals surface area contributed by atoms with E-state index in [9.17, 15) is 9.18 Å². The lowest BCUT2D eigenvalue weighted by Crippen LogP contribution is -2.27. The second kappa shape index (κ2) is 7.53. The molecule has 1 amide bonds. The van der Waals surface area contributed by atoms with Crippen molar-refractivity contribution in [2.24, 2.45) is 0 Å². The Balaban J connectivity index is 1.92. The van der Waals surface area contributed by atoms with E-state index in [0.717, 1.165) is 16.8 Å². The monoisotopic (exact) mass is 355 g/mol. The van der Waals surface area contributed by atoms with E-state index in [1.807, 2.05) is 36.6 Å². The molecule has 0 saturated heterocycles. The SMILES string of the molecule is CSc1ccc(-c2cc(C(NC(C)=O)c3ccc(F)cc3)n[nH]2)cc1. The van der Waals surface area contributed by atoms with Crippen molar-refractivity contribution >= 4 is 17.7 Å². The molecule has 1 heterocycles. The quantitative estimate of drug-likeness (QED) is 0.676. The Labute approximate surface area is 149 Å². The van der Waals surface area contributed by atoms with E-state index in [1.54, 1.807) is 23.9 Å². The van der Waals surface area contributed by atoms with Crippen LogP contribution in [0.4, 0.5) is 4.39 Å². The molecule has 2 aromatic carbocycles. The van der Waals surface area contributed by atoms with Crippen molar-refractivity contribution in [3.63, 3.8) is 0 Å². The van der Waals surface area contributed by atoms with Gasteiger partial charge in [-0.05, 0) is 47.7 Å². The zero-order valence-corrected chi connectivity index (χ0v) is 14.7. The van der Waals surface area contributed by atoms with Crippen molar-refractivity contribution in [3.05, 3.63) is 71.7 Å². The fourth-order valence-electron chi connectivity index (χ4n) is 2.59. The lowest BCUT2D eigenvalue weighted by atomic mass is 10.0. The molecule has 0 spiro atoms. The third-order valence-electron chi connectivity index (χ3n) is 3.85. The van der Waals surface area contributed by atoms with Crippen LogP contribution in [0, 0.1) is 5.82 Å². The van der Waals surface area contributed by atoms with Crippen molar-refractivity contribution in [2.75, 3.05) is 6.26 Å². The highest BCUT2D eigenvalue weighted by Crippen LogP contribution is 2.26. The molecule has 1 atom stereocenters. The van der Waals surface area contributed by atoms with E-state index >= 15 is 0 Å². The molecule has 3 aromatic rings. The summed E-state index contributed by atoms with van der Waals surface area (Å²) < 4.78 is 13.2. The standard InChI is InChI=1S/C19H18FN3OS/c1-12(24)21-19(14-3-7-15(20)8-4-14)18-11-17(22-23-18)13-5-9-16(25-2)10-6-13/h3-11,19H,1-2H3,(H,21,24)(H,22,23). The van der Waals surface area contributed by atoms with Crippen molar-refractivity contribution in [1.29, 1.82) is 0 Å². The number of nitrogens with zero attached hydrogens (tertiary/aromatic N) is 1. The topological polar surface area (TPSA) is 57.8 Å². The Bertz CT molecular complexity index is 859. The van der Waals surface area contributed by atoms with Crippen LogP contribution >= 0.6 is 11.8 Å². The van der Waals surface area contributed by atoms with Gasteiger partial charge in [-0.2, -0.15) is 5.10 Å². The van der Waals surface area contributed by atoms with Gasteiger partial charge in [-0.15, -0.1) is 11.8 Å². The Kier molecular flexibility index (Phi) is 5.19. The molecule has 2 N–H and O–H groups in total. The Morgan fingerprint density at radius 2 is 1.84 bits per heavy atom. The van der Waals surface area contributed by atoms with Gasteiger partial charge in [0.25, 0.3) is 0 Å². The number of benzene rings is 2. The number of H-pyrrole nitrogens is 1. The minimum atomic E-state index is -0.437. The molecule has 3 rings (SSSR count). The van der Waals surface area contributed by atoms with Crippen LogP contribution in [-0.4, -0.2) is 22.4 Å². The highest BCUT2D eigenvalue weighted by atomic mass is 32.2. The van der Waals surface area contributed by atoms with Crippen LogP contribution in [0.3, 0.4) is 0 Å². The van der Waals surface area contributed by atoms with Gasteiger partial charge in [0.1, 0.15) is 5.82 Å². The largest absolute Gasteiger partial charge is 0.344 e. The molecular formula is C19H18FN3OS. The molecule has 0 bridgehead atoms. The summed E-state index contributed by atoms with van der Waals surface area (Å²) in [6.45, 7) is 1.45. The predicted molar refractivity (Wildman–Crippen MR) is 97.9 cm³/mol. The summed E-state index contributed by atoms with van der Waals surface area (Å²) in [5.41, 5.74) is 3.32. The van der Waals surface area contributed by atoms with Crippen LogP contribution < -0.4 is 5.32 Å². The van der Waals surface area contributed by atoms with Gasteiger partial charge in [-0.1, -0.05) is 24.3 Å². The summed E-state index contributed by atoms with van der Waals surface area (Å²) in [6.07, 6.45) is 2.03. The summed E-state index contributed by atoms with van der Waals surface area (Å²) in [5, 5.41) is 10.2. The smallest absolute Gasteiger partial charge is 0.217 e. The number of carbonyl (C=O) groups is 1. The number of rotatable bonds is 5. The number of aromatic nitrogens is 2. The highest BCUT2D eigenvalue weighted by molar-refractivity contribution is 7.98. The van der Waals surface area contributed by atoms with E-state index in [2.05, 4.69) is 15.5 Å². The number of amides is 1. The third-order valence-corrected chi connectivity index (χ3v) is 4.59. The Morgan fingerprint density at radius 3 is 2.44 bits per heavy atom. The first-order valence-electron chi connectivity index (χ1n) is 7.79. The molecule has 0 aliphatic carbocycles. The van der Waals surface area contributed by atoms with Gasteiger partial charge >= 0.3 is 0 Å². The second-order valence-corrected chi connectivity index (χ2v) is 6.50. The molecule has 0 aliphatic heterocycles. The molecule has 0 aliphatic rings. The lowest BCUT2D eigenvalue weighted by Gasteiger charge is -2.16. The summed E-state index contributed by atoms with van der Waals surface area (Å²) in [4.78, 5) is 12.8. The molecule has 0 radical (unpaired) electrons. The van der Waals surface area contributed by atoms with Gasteiger partial charge in [0.05, 0.1) is 17.4 Å². The maximum Gasteiger partial charge on any atom is 0.217 e. The Hall–Kier alpha value is -2.60. The average Bonchev–Trinajstić information content (AvgIpc) is 3.10. The fraction of sp³-hybridized carbons (Fsp3) is 0.158. The zero-order chi connectivity index (χ0) is 17.8. The van der Waals surface area contributed by atoms with Crippen molar-refractivity contribution in [1.82, 2.24) is 15.5 Å². The third kappa shape index (κ3) is 4.09. The molecule has 4 nitrogen and oxygen atoms in total. The van der Waals surface area contributed by atoms with Gasteiger partial charge in [0, 0.05) is 11.8 Å². The highest BCUT2D eigenvalue weighted by Gasteiger charge is 2.19. The van der Waals surface area contributed by atoms with Gasteiger partial charge in [-0.25, -0.2) is 4.39 Å². The first-order valence-corrected chi connectivity index (χ1v) is 9.01. The molecule has 25 heavy (non-hydrogen) atoms. The minimum absolute atomic E-state index is 0.178. The first-order chi connectivity index (χ1) is 12.1. The number of halogens is 1. The van der Waals surface area contributed by atoms with Crippen LogP contribution in [0.25, 0.3) is 11.3 Å². The van der Waals surface area contributed by atoms with E-state index in [1.165, 1.54) is 24.0 Å². The van der Waals surface area contributed by atoms with Gasteiger partial charge in [0.15, 0.2) is 0 Å². The number of hydrogen-bond acceptors (Lipinski definition) is 3. The molecule has 1 unspecified atom stereocenters. The van der Waals surface area contributed by atoms with E-state index < -0.39 is 6.04 Å². The van der Waals surface area contributed by atoms with Gasteiger partial charge < -0.3 is 5.32 Å². The number of carbonyl (C=O) groups excluding carboxylic acids is 1. The average molecular weight is 355 g/mol. The van der Waals surface area contributed by atoms with Gasteiger partial charge in [0.2, 0.25) is 5.91 Å². The molecular weight excluding hydrogens is 337 g/mol. The molecule has 128 valence electrons. The van der Waals surface area contributed by atoms with Crippen molar-refractivity contribution in [2.45, 2.75) is 17.9 Å². The van der Waals surface area contributed by atoms with Crippen molar-refractivity contribution in [3.8, 4) is 11.3 Å². The van der Waals surface area contributed by atoms with Crippen LogP contribution in [0.2, 0.25) is 0 Å². The summed E-state index contributed by atoms with van der Waals surface area (Å²) >= 11 is 1.68. The van der Waals surface area contributed by atoms with Crippen LogP contribution in [0.15, 0.2) is 59.5 Å². The number of hydrogen-bond donors (Lipinski definition) is 2. The normalized spacial score (nSPS) is 12.0. The lowest BCUT2D eigenvalue weighted by molar-refractivity contribution is -0.119. The van der Waals surface area contributed by atoms with Crippen LogP contribution in [-0.2, 0) is 4.79 Å². The summed E-state index contributed by atoms with van der Waals surface area (Å²) in [5.74, 6) is -0.495. The fourth-order valence-corrected chi connectivity index (χ4v) is 3.00.